The van der Waals surface area contributed by atoms with Gasteiger partial charge < -0.3 is 10.1 Å². The van der Waals surface area contributed by atoms with Crippen LogP contribution in [0.5, 0.6) is 0 Å². The van der Waals surface area contributed by atoms with Gasteiger partial charge in [-0.25, -0.2) is 9.07 Å². The number of ether oxygens (including phenoxy) is 1. The number of carbonyl (C=O) groups excluding carboxylic acids is 1. The lowest BCUT2D eigenvalue weighted by molar-refractivity contribution is -0.114. The molecule has 0 unspecified atom stereocenters. The van der Waals surface area contributed by atoms with Crippen LogP contribution in [-0.4, -0.2) is 30.4 Å². The predicted octanol–water partition coefficient (Wildman–Crippen LogP) is 4.56. The van der Waals surface area contributed by atoms with Crippen LogP contribution >= 0.6 is 22.6 Å². The van der Waals surface area contributed by atoms with Gasteiger partial charge in [0, 0.05) is 27.2 Å². The predicted molar refractivity (Wildman–Crippen MR) is 109 cm³/mol. The smallest absolute Gasteiger partial charge is 0.222 e. The zero-order valence-corrected chi connectivity index (χ0v) is 18.1. The molecule has 1 amide bonds. The Labute approximate surface area is 162 Å². The van der Waals surface area contributed by atoms with Gasteiger partial charge in [0.05, 0.1) is 3.57 Å². The molecule has 1 heterocycles. The van der Waals surface area contributed by atoms with Crippen LogP contribution < -0.4 is 5.32 Å². The highest BCUT2D eigenvalue weighted by Crippen LogP contribution is 2.30. The second-order valence-electron chi connectivity index (χ2n) is 7.05. The molecule has 2 rings (SSSR count). The van der Waals surface area contributed by atoms with Gasteiger partial charge in [-0.3, -0.25) is 4.79 Å². The van der Waals surface area contributed by atoms with Gasteiger partial charge in [0.2, 0.25) is 5.91 Å². The van der Waals surface area contributed by atoms with E-state index in [1.54, 1.807) is 16.8 Å². The summed E-state index contributed by atoms with van der Waals surface area (Å²) in [6.45, 7) is 9.26. The first-order valence-electron chi connectivity index (χ1n) is 8.05. The molecule has 0 spiro atoms. The third-order valence-corrected chi connectivity index (χ3v) is 6.24. The van der Waals surface area contributed by atoms with Crippen LogP contribution in [0.15, 0.2) is 24.3 Å². The van der Waals surface area contributed by atoms with E-state index >= 15 is 0 Å². The number of rotatable bonds is 7. The maximum atomic E-state index is 13.2. The lowest BCUT2D eigenvalue weighted by Gasteiger charge is -2.15. The highest BCUT2D eigenvalue weighted by molar-refractivity contribution is 14.1. The van der Waals surface area contributed by atoms with Crippen molar-refractivity contribution in [1.82, 2.24) is 9.78 Å². The number of nitrogens with one attached hydrogen (secondary N) is 1. The van der Waals surface area contributed by atoms with Crippen molar-refractivity contribution in [2.75, 3.05) is 11.9 Å². The van der Waals surface area contributed by atoms with Gasteiger partial charge in [0.25, 0.3) is 0 Å². The molecule has 0 saturated heterocycles. The summed E-state index contributed by atoms with van der Waals surface area (Å²) >= 11 is 2.14. The van der Waals surface area contributed by atoms with Crippen LogP contribution in [0.1, 0.15) is 6.92 Å². The topological polar surface area (TPSA) is 56.2 Å². The first-order chi connectivity index (χ1) is 11.7. The summed E-state index contributed by atoms with van der Waals surface area (Å²) in [6, 6.07) is 7.20. The van der Waals surface area contributed by atoms with E-state index in [-0.39, 0.29) is 18.5 Å². The Morgan fingerprint density at radius 2 is 1.96 bits per heavy atom. The second-order valence-corrected chi connectivity index (χ2v) is 13.7. The van der Waals surface area contributed by atoms with Crippen molar-refractivity contribution in [2.24, 2.45) is 0 Å². The highest BCUT2D eigenvalue weighted by atomic mass is 127. The molecule has 0 aliphatic rings. The molecule has 0 radical (unpaired) electrons. The van der Waals surface area contributed by atoms with Gasteiger partial charge in [-0.15, -0.1) is 0 Å². The fourth-order valence-corrected chi connectivity index (χ4v) is 3.73. The SMILES string of the molecule is CC(=O)Nc1c(I)c(-c2ccc(F)cc2)nn1COCC[Si](C)(C)C. The summed E-state index contributed by atoms with van der Waals surface area (Å²) in [5, 5.41) is 7.36. The summed E-state index contributed by atoms with van der Waals surface area (Å²) in [4.78, 5) is 11.5. The average Bonchev–Trinajstić information content (AvgIpc) is 2.80. The van der Waals surface area contributed by atoms with Crippen LogP contribution in [-0.2, 0) is 16.3 Å². The van der Waals surface area contributed by atoms with E-state index in [9.17, 15) is 9.18 Å². The second kappa shape index (κ2) is 8.41. The van der Waals surface area contributed by atoms with Gasteiger partial charge >= 0.3 is 0 Å². The average molecular weight is 475 g/mol. The van der Waals surface area contributed by atoms with Crippen molar-refractivity contribution >= 4 is 42.4 Å². The molecule has 0 fully saturated rings. The molecular formula is C17H23FIN3O2Si. The molecule has 1 aromatic carbocycles. The van der Waals surface area contributed by atoms with Crippen LogP contribution in [0.25, 0.3) is 11.3 Å². The van der Waals surface area contributed by atoms with Gasteiger partial charge in [0.1, 0.15) is 24.1 Å². The number of halogens is 2. The molecule has 0 aliphatic heterocycles. The summed E-state index contributed by atoms with van der Waals surface area (Å²) in [7, 11) is -1.16. The fraction of sp³-hybridized carbons (Fsp3) is 0.412. The Balaban J connectivity index is 2.23. The van der Waals surface area contributed by atoms with E-state index in [2.05, 4.69) is 52.6 Å². The Hall–Kier alpha value is -1.26. The monoisotopic (exact) mass is 475 g/mol. The molecule has 0 saturated carbocycles. The Morgan fingerprint density at radius 1 is 1.32 bits per heavy atom. The number of hydrogen-bond acceptors (Lipinski definition) is 3. The number of hydrogen-bond donors (Lipinski definition) is 1. The minimum atomic E-state index is -1.16. The highest BCUT2D eigenvalue weighted by Gasteiger charge is 2.19. The molecule has 0 atom stereocenters. The van der Waals surface area contributed by atoms with E-state index in [0.717, 1.165) is 15.2 Å². The maximum Gasteiger partial charge on any atom is 0.222 e. The first kappa shape index (κ1) is 20.1. The molecule has 1 N–H and O–H groups in total. The summed E-state index contributed by atoms with van der Waals surface area (Å²) in [5.74, 6) is 0.127. The Morgan fingerprint density at radius 3 is 2.52 bits per heavy atom. The van der Waals surface area contributed by atoms with Crippen molar-refractivity contribution in [3.63, 3.8) is 0 Å². The van der Waals surface area contributed by atoms with E-state index < -0.39 is 8.07 Å². The van der Waals surface area contributed by atoms with Gasteiger partial charge in [0.15, 0.2) is 0 Å². The quantitative estimate of drug-likeness (QED) is 0.363. The molecule has 8 heteroatoms. The third kappa shape index (κ3) is 5.89. The van der Waals surface area contributed by atoms with Crippen LogP contribution in [0, 0.1) is 9.39 Å². The molecule has 1 aromatic heterocycles. The van der Waals surface area contributed by atoms with Gasteiger partial charge in [-0.05, 0) is 52.9 Å². The van der Waals surface area contributed by atoms with Crippen molar-refractivity contribution in [2.45, 2.75) is 39.3 Å². The van der Waals surface area contributed by atoms with Crippen LogP contribution in [0.3, 0.4) is 0 Å². The lowest BCUT2D eigenvalue weighted by atomic mass is 10.1. The zero-order valence-electron chi connectivity index (χ0n) is 14.9. The lowest BCUT2D eigenvalue weighted by Crippen LogP contribution is -2.22. The molecule has 25 heavy (non-hydrogen) atoms. The summed E-state index contributed by atoms with van der Waals surface area (Å²) in [5.41, 5.74) is 1.48. The van der Waals surface area contributed by atoms with Crippen molar-refractivity contribution in [3.8, 4) is 11.3 Å². The minimum absolute atomic E-state index is 0.174. The number of anilines is 1. The molecule has 136 valence electrons. The van der Waals surface area contributed by atoms with E-state index in [1.807, 2.05) is 0 Å². The maximum absolute atomic E-state index is 13.2. The van der Waals surface area contributed by atoms with Crippen LogP contribution in [0.4, 0.5) is 10.2 Å². The van der Waals surface area contributed by atoms with Crippen molar-refractivity contribution in [3.05, 3.63) is 33.7 Å². The minimum Gasteiger partial charge on any atom is -0.359 e. The van der Waals surface area contributed by atoms with Gasteiger partial charge in [-0.1, -0.05) is 19.6 Å². The number of amides is 1. The van der Waals surface area contributed by atoms with Crippen molar-refractivity contribution < 1.29 is 13.9 Å². The zero-order chi connectivity index (χ0) is 18.6. The van der Waals surface area contributed by atoms with Gasteiger partial charge in [-0.2, -0.15) is 5.10 Å². The van der Waals surface area contributed by atoms with E-state index in [0.29, 0.717) is 18.1 Å². The molecule has 5 nitrogen and oxygen atoms in total. The first-order valence-corrected chi connectivity index (χ1v) is 12.8. The number of aromatic nitrogens is 2. The molecule has 0 bridgehead atoms. The number of carbonyl (C=O) groups is 1. The normalized spacial score (nSPS) is 11.6. The number of nitrogens with zero attached hydrogens (tertiary/aromatic N) is 2. The fourth-order valence-electron chi connectivity index (χ4n) is 2.14. The molecular weight excluding hydrogens is 452 g/mol. The standard InChI is InChI=1S/C17H23FIN3O2Si/c1-12(23)20-17-15(19)16(13-5-7-14(18)8-6-13)21-22(17)11-24-9-10-25(2,3)4/h5-8H,9-11H2,1-4H3,(H,20,23). The Bertz CT molecular complexity index is 742. The summed E-state index contributed by atoms with van der Waals surface area (Å²) < 4.78 is 21.4. The molecule has 2 aromatic rings. The van der Waals surface area contributed by atoms with Crippen LogP contribution in [0.2, 0.25) is 25.7 Å². The largest absolute Gasteiger partial charge is 0.359 e. The van der Waals surface area contributed by atoms with E-state index in [1.165, 1.54) is 19.1 Å². The molecule has 0 aliphatic carbocycles. The number of benzene rings is 1. The third-order valence-electron chi connectivity index (χ3n) is 3.52. The summed E-state index contributed by atoms with van der Waals surface area (Å²) in [6.07, 6.45) is 0. The van der Waals surface area contributed by atoms with E-state index in [4.69, 9.17) is 4.74 Å². The Kier molecular flexibility index (Phi) is 6.75. The van der Waals surface area contributed by atoms with Crippen molar-refractivity contribution in [1.29, 1.82) is 0 Å².